The molecular formula is C11H19ClN2O. The van der Waals surface area contributed by atoms with Crippen LogP contribution < -0.4 is 0 Å². The predicted molar refractivity (Wildman–Crippen MR) is 62.0 cm³/mol. The quantitative estimate of drug-likeness (QED) is 0.845. The van der Waals surface area contributed by atoms with E-state index in [0.29, 0.717) is 11.4 Å². The van der Waals surface area contributed by atoms with Gasteiger partial charge in [0.1, 0.15) is 5.60 Å². The average Bonchev–Trinajstić information content (AvgIpc) is 2.48. The molecule has 0 bridgehead atoms. The van der Waals surface area contributed by atoms with Gasteiger partial charge in [0.25, 0.3) is 0 Å². The Hall–Kier alpha value is -0.540. The summed E-state index contributed by atoms with van der Waals surface area (Å²) in [4.78, 5) is 0. The third-order valence-corrected chi connectivity index (χ3v) is 2.75. The van der Waals surface area contributed by atoms with Crippen LogP contribution in [0.25, 0.3) is 0 Å². The third-order valence-electron chi connectivity index (χ3n) is 2.48. The maximum Gasteiger partial charge on any atom is 0.105 e. The lowest BCUT2D eigenvalue weighted by Crippen LogP contribution is -2.25. The van der Waals surface area contributed by atoms with E-state index in [9.17, 15) is 5.11 Å². The zero-order valence-corrected chi connectivity index (χ0v) is 10.4. The summed E-state index contributed by atoms with van der Waals surface area (Å²) in [5.41, 5.74) is -0.134. The van der Waals surface area contributed by atoms with Gasteiger partial charge < -0.3 is 5.11 Å². The standard InChI is InChI=1S/C11H19ClN2O/c1-4-6-11(3,15)10-9(12)8-13-14(10)7-5-2/h8,15H,4-7H2,1-3H3. The summed E-state index contributed by atoms with van der Waals surface area (Å²) >= 11 is 6.06. The number of aryl methyl sites for hydroxylation is 1. The van der Waals surface area contributed by atoms with Gasteiger partial charge in [-0.1, -0.05) is 31.9 Å². The second kappa shape index (κ2) is 4.99. The van der Waals surface area contributed by atoms with Crippen molar-refractivity contribution in [1.29, 1.82) is 0 Å². The van der Waals surface area contributed by atoms with Gasteiger partial charge in [-0.2, -0.15) is 5.10 Å². The van der Waals surface area contributed by atoms with Crippen molar-refractivity contribution in [2.75, 3.05) is 0 Å². The van der Waals surface area contributed by atoms with Crippen LogP contribution in [0.1, 0.15) is 45.7 Å². The van der Waals surface area contributed by atoms with Crippen molar-refractivity contribution >= 4 is 11.6 Å². The summed E-state index contributed by atoms with van der Waals surface area (Å²) in [6.45, 7) is 6.71. The molecular weight excluding hydrogens is 212 g/mol. The summed E-state index contributed by atoms with van der Waals surface area (Å²) < 4.78 is 1.80. The number of halogens is 1. The fourth-order valence-electron chi connectivity index (χ4n) is 1.88. The lowest BCUT2D eigenvalue weighted by atomic mass is 9.96. The fraction of sp³-hybridized carbons (Fsp3) is 0.727. The molecule has 0 aliphatic heterocycles. The maximum atomic E-state index is 10.3. The molecule has 0 saturated carbocycles. The van der Waals surface area contributed by atoms with Gasteiger partial charge >= 0.3 is 0 Å². The highest BCUT2D eigenvalue weighted by Gasteiger charge is 2.29. The molecule has 1 aromatic heterocycles. The normalized spacial score (nSPS) is 15.3. The molecule has 0 aliphatic carbocycles. The molecule has 1 unspecified atom stereocenters. The first-order valence-corrected chi connectivity index (χ1v) is 5.85. The van der Waals surface area contributed by atoms with Crippen LogP contribution in [0.15, 0.2) is 6.20 Å². The largest absolute Gasteiger partial charge is 0.384 e. The molecule has 0 aromatic carbocycles. The second-order valence-corrected chi connectivity index (χ2v) is 4.50. The minimum Gasteiger partial charge on any atom is -0.384 e. The minimum atomic E-state index is -0.877. The Balaban J connectivity index is 3.04. The number of hydrogen-bond acceptors (Lipinski definition) is 2. The van der Waals surface area contributed by atoms with Crippen LogP contribution in [0.4, 0.5) is 0 Å². The Morgan fingerprint density at radius 2 is 2.13 bits per heavy atom. The molecule has 86 valence electrons. The molecule has 1 rings (SSSR count). The monoisotopic (exact) mass is 230 g/mol. The van der Waals surface area contributed by atoms with E-state index in [1.165, 1.54) is 0 Å². The van der Waals surface area contributed by atoms with Gasteiger partial charge in [0.2, 0.25) is 0 Å². The molecule has 0 saturated heterocycles. The zero-order chi connectivity index (χ0) is 11.5. The molecule has 1 aromatic rings. The zero-order valence-electron chi connectivity index (χ0n) is 9.63. The van der Waals surface area contributed by atoms with E-state index >= 15 is 0 Å². The van der Waals surface area contributed by atoms with Crippen LogP contribution >= 0.6 is 11.6 Å². The number of aromatic nitrogens is 2. The number of aliphatic hydroxyl groups is 1. The topological polar surface area (TPSA) is 38.0 Å². The van der Waals surface area contributed by atoms with Crippen LogP contribution in [0.3, 0.4) is 0 Å². The van der Waals surface area contributed by atoms with E-state index in [0.717, 1.165) is 25.1 Å². The summed E-state index contributed by atoms with van der Waals surface area (Å²) in [5.74, 6) is 0. The molecule has 1 N–H and O–H groups in total. The fourth-order valence-corrected chi connectivity index (χ4v) is 2.23. The van der Waals surface area contributed by atoms with E-state index < -0.39 is 5.60 Å². The minimum absolute atomic E-state index is 0.557. The Morgan fingerprint density at radius 1 is 1.47 bits per heavy atom. The predicted octanol–water partition coefficient (Wildman–Crippen LogP) is 2.95. The highest BCUT2D eigenvalue weighted by atomic mass is 35.5. The lowest BCUT2D eigenvalue weighted by Gasteiger charge is -2.24. The Labute approximate surface area is 96.1 Å². The Bertz CT molecular complexity index is 320. The van der Waals surface area contributed by atoms with Crippen LogP contribution in [0.2, 0.25) is 5.02 Å². The van der Waals surface area contributed by atoms with Gasteiger partial charge in [-0.25, -0.2) is 0 Å². The lowest BCUT2D eigenvalue weighted by molar-refractivity contribution is 0.0375. The summed E-state index contributed by atoms with van der Waals surface area (Å²) in [6, 6.07) is 0. The Morgan fingerprint density at radius 3 is 2.67 bits per heavy atom. The van der Waals surface area contributed by atoms with Crippen molar-refractivity contribution in [3.05, 3.63) is 16.9 Å². The first kappa shape index (κ1) is 12.5. The summed E-state index contributed by atoms with van der Waals surface area (Å²) in [5, 5.41) is 15.1. The van der Waals surface area contributed by atoms with Crippen molar-refractivity contribution in [3.8, 4) is 0 Å². The summed E-state index contributed by atoms with van der Waals surface area (Å²) in [7, 11) is 0. The maximum absolute atomic E-state index is 10.3. The van der Waals surface area contributed by atoms with Crippen LogP contribution in [0.5, 0.6) is 0 Å². The van der Waals surface area contributed by atoms with Gasteiger partial charge in [0.15, 0.2) is 0 Å². The van der Waals surface area contributed by atoms with Crippen LogP contribution in [-0.4, -0.2) is 14.9 Å². The van der Waals surface area contributed by atoms with Crippen molar-refractivity contribution < 1.29 is 5.11 Å². The molecule has 0 aliphatic rings. The summed E-state index contributed by atoms with van der Waals surface area (Å²) in [6.07, 6.45) is 4.20. The average molecular weight is 231 g/mol. The van der Waals surface area contributed by atoms with Gasteiger partial charge in [-0.3, -0.25) is 4.68 Å². The SMILES string of the molecule is CCCn1ncc(Cl)c1C(C)(O)CCC. The van der Waals surface area contributed by atoms with Crippen molar-refractivity contribution in [2.24, 2.45) is 0 Å². The van der Waals surface area contributed by atoms with E-state index in [1.807, 2.05) is 6.92 Å². The highest BCUT2D eigenvalue weighted by molar-refractivity contribution is 6.31. The van der Waals surface area contributed by atoms with E-state index in [1.54, 1.807) is 17.8 Å². The first-order chi connectivity index (χ1) is 7.03. The Kier molecular flexibility index (Phi) is 4.17. The van der Waals surface area contributed by atoms with E-state index in [-0.39, 0.29) is 0 Å². The van der Waals surface area contributed by atoms with Crippen LogP contribution in [-0.2, 0) is 12.1 Å². The number of hydrogen-bond donors (Lipinski definition) is 1. The van der Waals surface area contributed by atoms with Crippen molar-refractivity contribution in [3.63, 3.8) is 0 Å². The molecule has 0 amide bonds. The number of rotatable bonds is 5. The van der Waals surface area contributed by atoms with Gasteiger partial charge in [0, 0.05) is 6.54 Å². The van der Waals surface area contributed by atoms with Gasteiger partial charge in [-0.05, 0) is 19.8 Å². The van der Waals surface area contributed by atoms with Crippen molar-refractivity contribution in [2.45, 2.75) is 52.2 Å². The molecule has 0 radical (unpaired) electrons. The molecule has 15 heavy (non-hydrogen) atoms. The first-order valence-electron chi connectivity index (χ1n) is 5.47. The van der Waals surface area contributed by atoms with Gasteiger partial charge in [0.05, 0.1) is 16.9 Å². The molecule has 1 atom stereocenters. The van der Waals surface area contributed by atoms with E-state index in [4.69, 9.17) is 11.6 Å². The molecule has 0 fully saturated rings. The molecule has 0 spiro atoms. The molecule has 4 heteroatoms. The number of nitrogens with zero attached hydrogens (tertiary/aromatic N) is 2. The van der Waals surface area contributed by atoms with E-state index in [2.05, 4.69) is 12.0 Å². The third kappa shape index (κ3) is 2.73. The van der Waals surface area contributed by atoms with Crippen molar-refractivity contribution in [1.82, 2.24) is 9.78 Å². The smallest absolute Gasteiger partial charge is 0.105 e. The van der Waals surface area contributed by atoms with Gasteiger partial charge in [-0.15, -0.1) is 0 Å². The van der Waals surface area contributed by atoms with Crippen LogP contribution in [0, 0.1) is 0 Å². The second-order valence-electron chi connectivity index (χ2n) is 4.09. The molecule has 3 nitrogen and oxygen atoms in total. The molecule has 1 heterocycles. The highest BCUT2D eigenvalue weighted by Crippen LogP contribution is 2.31.